The summed E-state index contributed by atoms with van der Waals surface area (Å²) < 4.78 is 44.1. The van der Waals surface area contributed by atoms with E-state index in [1.54, 1.807) is 36.4 Å². The van der Waals surface area contributed by atoms with Crippen LogP contribution < -0.4 is 4.74 Å². The van der Waals surface area contributed by atoms with Gasteiger partial charge >= 0.3 is 18.1 Å². The molecule has 0 atom stereocenters. The minimum Gasteiger partial charge on any atom is -0.481 e. The highest BCUT2D eigenvalue weighted by atomic mass is 19.4. The lowest BCUT2D eigenvalue weighted by Gasteiger charge is -2.15. The minimum atomic E-state index is -4.47. The van der Waals surface area contributed by atoms with Gasteiger partial charge < -0.3 is 14.9 Å². The smallest absolute Gasteiger partial charge is 0.416 e. The molecule has 0 aliphatic heterocycles. The quantitative estimate of drug-likeness (QED) is 0.491. The Morgan fingerprint density at radius 3 is 2.06 bits per heavy atom. The lowest BCUT2D eigenvalue weighted by atomic mass is 9.88. The molecule has 0 unspecified atom stereocenters. The Balaban J connectivity index is 1.61. The van der Waals surface area contributed by atoms with Gasteiger partial charge in [0.2, 0.25) is 0 Å². The predicted molar refractivity (Wildman–Crippen MR) is 109 cm³/mol. The number of hydrogen-bond donors (Lipinski definition) is 2. The summed E-state index contributed by atoms with van der Waals surface area (Å²) in [5, 5.41) is 19.1. The Hall–Kier alpha value is -3.81. The van der Waals surface area contributed by atoms with Crippen LogP contribution >= 0.6 is 0 Å². The second-order valence-corrected chi connectivity index (χ2v) is 7.60. The molecule has 0 heterocycles. The first kappa shape index (κ1) is 21.4. The highest BCUT2D eigenvalue weighted by molar-refractivity contribution is 5.96. The highest BCUT2D eigenvalue weighted by Crippen LogP contribution is 2.50. The van der Waals surface area contributed by atoms with Gasteiger partial charge in [-0.1, -0.05) is 24.3 Å². The number of benzene rings is 3. The molecule has 0 aromatic heterocycles. The van der Waals surface area contributed by atoms with Crippen molar-refractivity contribution in [3.63, 3.8) is 0 Å². The van der Waals surface area contributed by atoms with Gasteiger partial charge in [0.15, 0.2) is 0 Å². The van der Waals surface area contributed by atoms with E-state index >= 15 is 0 Å². The third-order valence-electron chi connectivity index (χ3n) is 5.51. The summed E-state index contributed by atoms with van der Waals surface area (Å²) in [6.45, 7) is 0. The van der Waals surface area contributed by atoms with Crippen LogP contribution in [0.15, 0.2) is 66.7 Å². The van der Waals surface area contributed by atoms with E-state index in [1.165, 1.54) is 18.2 Å². The first-order valence-electron chi connectivity index (χ1n) is 9.67. The fourth-order valence-electron chi connectivity index (χ4n) is 3.62. The molecule has 32 heavy (non-hydrogen) atoms. The van der Waals surface area contributed by atoms with E-state index in [0.717, 1.165) is 12.1 Å². The number of aliphatic carboxylic acids is 1. The number of alkyl halides is 3. The largest absolute Gasteiger partial charge is 0.481 e. The van der Waals surface area contributed by atoms with E-state index in [9.17, 15) is 33.0 Å². The van der Waals surface area contributed by atoms with Crippen LogP contribution in [0.5, 0.6) is 11.5 Å². The fourth-order valence-corrected chi connectivity index (χ4v) is 3.62. The van der Waals surface area contributed by atoms with E-state index in [4.69, 9.17) is 4.74 Å². The summed E-state index contributed by atoms with van der Waals surface area (Å²) in [5.41, 5.74) is -0.470. The second kappa shape index (κ2) is 7.71. The van der Waals surface area contributed by atoms with Crippen molar-refractivity contribution in [1.82, 2.24) is 0 Å². The van der Waals surface area contributed by atoms with Crippen LogP contribution in [0.2, 0.25) is 0 Å². The van der Waals surface area contributed by atoms with Crippen LogP contribution in [0.1, 0.15) is 34.3 Å². The molecule has 3 aromatic rings. The number of hydrogen-bond acceptors (Lipinski definition) is 3. The standard InChI is InChI=1S/C24H17F3O5/c25-24(26,27)16-2-1-3-18(13-16)32-17-7-4-14(5-8-17)15-6-9-19(21(28)29)20(12-15)23(10-11-23)22(30)31/h1-9,12-13H,10-11H2,(H,28,29)(H,30,31). The zero-order valence-electron chi connectivity index (χ0n) is 16.5. The molecule has 0 amide bonds. The van der Waals surface area contributed by atoms with E-state index in [-0.39, 0.29) is 16.9 Å². The number of ether oxygens (including phenoxy) is 1. The molecule has 0 bridgehead atoms. The maximum atomic E-state index is 12.9. The number of carbonyl (C=O) groups is 2. The molecule has 3 aromatic carbocycles. The van der Waals surface area contributed by atoms with E-state index in [1.807, 2.05) is 0 Å². The van der Waals surface area contributed by atoms with Crippen molar-refractivity contribution in [2.75, 3.05) is 0 Å². The average Bonchev–Trinajstić information content (AvgIpc) is 3.56. The van der Waals surface area contributed by atoms with Crippen molar-refractivity contribution in [2.24, 2.45) is 0 Å². The second-order valence-electron chi connectivity index (χ2n) is 7.60. The van der Waals surface area contributed by atoms with Crippen molar-refractivity contribution < 1.29 is 37.7 Å². The van der Waals surface area contributed by atoms with Gasteiger partial charge in [0.1, 0.15) is 11.5 Å². The first-order chi connectivity index (χ1) is 15.1. The van der Waals surface area contributed by atoms with Gasteiger partial charge in [-0.15, -0.1) is 0 Å². The maximum absolute atomic E-state index is 12.9. The molecule has 5 nitrogen and oxygen atoms in total. The highest BCUT2D eigenvalue weighted by Gasteiger charge is 2.53. The molecule has 8 heteroatoms. The third-order valence-corrected chi connectivity index (χ3v) is 5.51. The number of halogens is 3. The fraction of sp³-hybridized carbons (Fsp3) is 0.167. The molecule has 1 aliphatic carbocycles. The number of aromatic carboxylic acids is 1. The van der Waals surface area contributed by atoms with Crippen LogP contribution in [-0.2, 0) is 16.4 Å². The van der Waals surface area contributed by atoms with Gasteiger partial charge in [-0.2, -0.15) is 13.2 Å². The molecule has 1 fully saturated rings. The third kappa shape index (κ3) is 4.03. The van der Waals surface area contributed by atoms with Gasteiger partial charge in [-0.05, 0) is 72.0 Å². The van der Waals surface area contributed by atoms with Gasteiger partial charge in [0.25, 0.3) is 0 Å². The van der Waals surface area contributed by atoms with Crippen molar-refractivity contribution >= 4 is 11.9 Å². The molecular formula is C24H17F3O5. The summed E-state index contributed by atoms with van der Waals surface area (Å²) >= 11 is 0. The molecule has 1 saturated carbocycles. The average molecular weight is 442 g/mol. The molecule has 0 saturated heterocycles. The van der Waals surface area contributed by atoms with E-state index in [2.05, 4.69) is 0 Å². The number of carboxylic acid groups (broad SMARTS) is 2. The molecule has 2 N–H and O–H groups in total. The van der Waals surface area contributed by atoms with E-state index in [0.29, 0.717) is 29.7 Å². The van der Waals surface area contributed by atoms with Gasteiger partial charge in [-0.25, -0.2) is 4.79 Å². The summed E-state index contributed by atoms with van der Waals surface area (Å²) in [6, 6.07) is 15.6. The Labute approximate surface area is 180 Å². The molecule has 0 spiro atoms. The monoisotopic (exact) mass is 442 g/mol. The topological polar surface area (TPSA) is 83.8 Å². The summed E-state index contributed by atoms with van der Waals surface area (Å²) in [7, 11) is 0. The zero-order valence-corrected chi connectivity index (χ0v) is 16.5. The lowest BCUT2D eigenvalue weighted by Crippen LogP contribution is -2.22. The Morgan fingerprint density at radius 2 is 1.50 bits per heavy atom. The Bertz CT molecular complexity index is 1200. The Kier molecular flexibility index (Phi) is 5.16. The van der Waals surface area contributed by atoms with Crippen LogP contribution in [0.25, 0.3) is 11.1 Å². The minimum absolute atomic E-state index is 0.0396. The van der Waals surface area contributed by atoms with Crippen molar-refractivity contribution in [3.05, 3.63) is 83.4 Å². The maximum Gasteiger partial charge on any atom is 0.416 e. The summed E-state index contributed by atoms with van der Waals surface area (Å²) in [6.07, 6.45) is -3.73. The first-order valence-corrected chi connectivity index (χ1v) is 9.67. The summed E-state index contributed by atoms with van der Waals surface area (Å²) in [4.78, 5) is 23.3. The molecule has 164 valence electrons. The molecule has 1 aliphatic rings. The molecule has 4 rings (SSSR count). The van der Waals surface area contributed by atoms with Crippen molar-refractivity contribution in [3.8, 4) is 22.6 Å². The molecule has 0 radical (unpaired) electrons. The van der Waals surface area contributed by atoms with Gasteiger partial charge in [0, 0.05) is 0 Å². The number of rotatable bonds is 6. The van der Waals surface area contributed by atoms with Gasteiger partial charge in [-0.3, -0.25) is 4.79 Å². The normalized spacial score (nSPS) is 14.6. The van der Waals surface area contributed by atoms with E-state index < -0.39 is 29.1 Å². The Morgan fingerprint density at radius 1 is 0.844 bits per heavy atom. The zero-order chi connectivity index (χ0) is 23.1. The van der Waals surface area contributed by atoms with Crippen LogP contribution in [0.4, 0.5) is 13.2 Å². The molecular weight excluding hydrogens is 425 g/mol. The predicted octanol–water partition coefficient (Wildman–Crippen LogP) is 5.98. The van der Waals surface area contributed by atoms with Crippen LogP contribution in [-0.4, -0.2) is 22.2 Å². The SMILES string of the molecule is O=C(O)c1ccc(-c2ccc(Oc3cccc(C(F)(F)F)c3)cc2)cc1C1(C(=O)O)CC1. The van der Waals surface area contributed by atoms with Crippen molar-refractivity contribution in [2.45, 2.75) is 24.4 Å². The van der Waals surface area contributed by atoms with Crippen LogP contribution in [0, 0.1) is 0 Å². The lowest BCUT2D eigenvalue weighted by molar-refractivity contribution is -0.140. The number of carboxylic acids is 2. The summed E-state index contributed by atoms with van der Waals surface area (Å²) in [5.74, 6) is -1.89. The van der Waals surface area contributed by atoms with Crippen molar-refractivity contribution in [1.29, 1.82) is 0 Å². The van der Waals surface area contributed by atoms with Gasteiger partial charge in [0.05, 0.1) is 16.5 Å². The van der Waals surface area contributed by atoms with Crippen LogP contribution in [0.3, 0.4) is 0 Å².